The Hall–Kier alpha value is -0.410. The zero-order valence-corrected chi connectivity index (χ0v) is 10.3. The van der Waals surface area contributed by atoms with Gasteiger partial charge in [-0.1, -0.05) is 19.8 Å². The normalized spacial score (nSPS) is 53.9. The van der Waals surface area contributed by atoms with E-state index in [1.807, 2.05) is 6.92 Å². The molecular formula is C13H20O3. The highest BCUT2D eigenvalue weighted by Crippen LogP contribution is 2.62. The second-order valence-electron chi connectivity index (χ2n) is 5.84. The molecule has 3 aliphatic heterocycles. The lowest BCUT2D eigenvalue weighted by molar-refractivity contribution is -0.341. The summed E-state index contributed by atoms with van der Waals surface area (Å²) in [6, 6.07) is 0. The van der Waals surface area contributed by atoms with Crippen LogP contribution >= 0.6 is 0 Å². The van der Waals surface area contributed by atoms with E-state index in [9.17, 15) is 4.79 Å². The van der Waals surface area contributed by atoms with Crippen molar-refractivity contribution in [2.24, 2.45) is 0 Å². The lowest BCUT2D eigenvalue weighted by Crippen LogP contribution is -2.72. The van der Waals surface area contributed by atoms with E-state index in [4.69, 9.17) is 9.47 Å². The van der Waals surface area contributed by atoms with Crippen molar-refractivity contribution < 1.29 is 14.3 Å². The molecule has 3 aliphatic rings. The van der Waals surface area contributed by atoms with Gasteiger partial charge in [0.25, 0.3) is 0 Å². The molecule has 0 aromatic heterocycles. The molecule has 3 nitrogen and oxygen atoms in total. The molecule has 90 valence electrons. The highest BCUT2D eigenvalue weighted by molar-refractivity contribution is 5.99. The van der Waals surface area contributed by atoms with E-state index < -0.39 is 11.2 Å². The van der Waals surface area contributed by atoms with Crippen molar-refractivity contribution in [3.63, 3.8) is 0 Å². The van der Waals surface area contributed by atoms with E-state index in [0.717, 1.165) is 32.1 Å². The number of carbonyl (C=O) groups is 1. The van der Waals surface area contributed by atoms with Gasteiger partial charge in [-0.15, -0.1) is 0 Å². The van der Waals surface area contributed by atoms with Gasteiger partial charge in [0.05, 0.1) is 6.10 Å². The smallest absolute Gasteiger partial charge is 0.199 e. The summed E-state index contributed by atoms with van der Waals surface area (Å²) in [6.45, 7) is 6.15. The quantitative estimate of drug-likeness (QED) is 0.737. The van der Waals surface area contributed by atoms with E-state index in [2.05, 4.69) is 13.8 Å². The Labute approximate surface area is 96.5 Å². The van der Waals surface area contributed by atoms with Crippen molar-refractivity contribution in [3.05, 3.63) is 0 Å². The summed E-state index contributed by atoms with van der Waals surface area (Å²) < 4.78 is 12.0. The van der Waals surface area contributed by atoms with Gasteiger partial charge in [-0.2, -0.15) is 0 Å². The van der Waals surface area contributed by atoms with Crippen LogP contribution in [0, 0.1) is 0 Å². The zero-order valence-electron chi connectivity index (χ0n) is 10.3. The SMILES string of the molecule is CCCC[C@]12O[C@H]3CC[C@](C)(O[C@]31C)C2=O. The van der Waals surface area contributed by atoms with Gasteiger partial charge in [0.2, 0.25) is 0 Å². The summed E-state index contributed by atoms with van der Waals surface area (Å²) in [5.41, 5.74) is -1.53. The van der Waals surface area contributed by atoms with Gasteiger partial charge >= 0.3 is 0 Å². The van der Waals surface area contributed by atoms with Crippen LogP contribution in [0.1, 0.15) is 52.9 Å². The molecule has 0 radical (unpaired) electrons. The number of hydrogen-bond acceptors (Lipinski definition) is 3. The minimum absolute atomic E-state index is 0.142. The van der Waals surface area contributed by atoms with Crippen LogP contribution in [0.4, 0.5) is 0 Å². The van der Waals surface area contributed by atoms with Gasteiger partial charge in [0.15, 0.2) is 11.4 Å². The average molecular weight is 224 g/mol. The average Bonchev–Trinajstić information content (AvgIpc) is 2.34. The first kappa shape index (κ1) is 10.7. The Morgan fingerprint density at radius 2 is 2.19 bits per heavy atom. The summed E-state index contributed by atoms with van der Waals surface area (Å²) in [5, 5.41) is 0. The number of unbranched alkanes of at least 4 members (excludes halogenated alkanes) is 1. The number of Topliss-reactive ketones (excluding diaryl/α,β-unsaturated/α-hetero) is 1. The van der Waals surface area contributed by atoms with Crippen LogP contribution in [0.15, 0.2) is 0 Å². The van der Waals surface area contributed by atoms with Crippen LogP contribution < -0.4 is 0 Å². The fraction of sp³-hybridized carbons (Fsp3) is 0.923. The van der Waals surface area contributed by atoms with Crippen molar-refractivity contribution in [1.82, 2.24) is 0 Å². The minimum Gasteiger partial charge on any atom is -0.358 e. The molecule has 4 atom stereocenters. The van der Waals surface area contributed by atoms with Crippen molar-refractivity contribution in [1.29, 1.82) is 0 Å². The molecule has 3 rings (SSSR count). The third-order valence-corrected chi connectivity index (χ3v) is 4.81. The summed E-state index contributed by atoms with van der Waals surface area (Å²) in [5.74, 6) is 0.199. The molecule has 3 heterocycles. The van der Waals surface area contributed by atoms with E-state index in [-0.39, 0.29) is 17.5 Å². The van der Waals surface area contributed by atoms with E-state index >= 15 is 0 Å². The first-order valence-corrected chi connectivity index (χ1v) is 6.41. The third-order valence-electron chi connectivity index (χ3n) is 4.81. The largest absolute Gasteiger partial charge is 0.358 e. The molecule has 0 spiro atoms. The van der Waals surface area contributed by atoms with Crippen LogP contribution in [-0.4, -0.2) is 28.7 Å². The number of rotatable bonds is 3. The molecule has 0 amide bonds. The monoisotopic (exact) mass is 224 g/mol. The fourth-order valence-corrected chi connectivity index (χ4v) is 3.79. The van der Waals surface area contributed by atoms with Gasteiger partial charge < -0.3 is 9.47 Å². The first-order chi connectivity index (χ1) is 7.48. The number of fused-ring (bicyclic) bond motifs is 1. The second kappa shape index (κ2) is 2.88. The molecule has 3 heteroatoms. The van der Waals surface area contributed by atoms with Crippen LogP contribution in [0.5, 0.6) is 0 Å². The Morgan fingerprint density at radius 3 is 2.88 bits per heavy atom. The van der Waals surface area contributed by atoms with Gasteiger partial charge in [0.1, 0.15) is 11.2 Å². The second-order valence-corrected chi connectivity index (χ2v) is 5.84. The van der Waals surface area contributed by atoms with Crippen molar-refractivity contribution in [3.8, 4) is 0 Å². The maximum Gasteiger partial charge on any atom is 0.199 e. The molecule has 0 unspecified atom stereocenters. The predicted molar refractivity (Wildman–Crippen MR) is 59.3 cm³/mol. The van der Waals surface area contributed by atoms with Gasteiger partial charge in [0, 0.05) is 0 Å². The van der Waals surface area contributed by atoms with Crippen molar-refractivity contribution in [2.45, 2.75) is 75.8 Å². The van der Waals surface area contributed by atoms with Crippen LogP contribution in [0.2, 0.25) is 0 Å². The summed E-state index contributed by atoms with van der Waals surface area (Å²) in [7, 11) is 0. The topological polar surface area (TPSA) is 35.5 Å². The molecule has 0 aromatic rings. The Morgan fingerprint density at radius 1 is 1.44 bits per heavy atom. The molecule has 16 heavy (non-hydrogen) atoms. The molecular weight excluding hydrogens is 204 g/mol. The summed E-state index contributed by atoms with van der Waals surface area (Å²) >= 11 is 0. The van der Waals surface area contributed by atoms with Gasteiger partial charge in [-0.3, -0.25) is 4.79 Å². The molecule has 2 bridgehead atoms. The highest BCUT2D eigenvalue weighted by Gasteiger charge is 2.80. The summed E-state index contributed by atoms with van der Waals surface area (Å²) in [4.78, 5) is 12.5. The Balaban J connectivity index is 1.98. The highest BCUT2D eigenvalue weighted by atomic mass is 16.7. The molecule has 0 N–H and O–H groups in total. The molecule has 3 saturated heterocycles. The van der Waals surface area contributed by atoms with E-state index in [1.165, 1.54) is 0 Å². The van der Waals surface area contributed by atoms with Gasteiger partial charge in [-0.25, -0.2) is 0 Å². The number of hydrogen-bond donors (Lipinski definition) is 0. The molecule has 0 saturated carbocycles. The summed E-state index contributed by atoms with van der Waals surface area (Å²) in [6.07, 6.45) is 4.88. The van der Waals surface area contributed by atoms with Crippen LogP contribution in [-0.2, 0) is 14.3 Å². The van der Waals surface area contributed by atoms with E-state index in [1.54, 1.807) is 0 Å². The number of carbonyl (C=O) groups excluding carboxylic acids is 1. The minimum atomic E-state index is -0.612. The lowest BCUT2D eigenvalue weighted by atomic mass is 9.70. The van der Waals surface area contributed by atoms with Gasteiger partial charge in [-0.05, 0) is 33.1 Å². The van der Waals surface area contributed by atoms with Crippen LogP contribution in [0.3, 0.4) is 0 Å². The fourth-order valence-electron chi connectivity index (χ4n) is 3.79. The molecule has 0 aliphatic carbocycles. The van der Waals surface area contributed by atoms with E-state index in [0.29, 0.717) is 0 Å². The molecule has 0 aromatic carbocycles. The number of ether oxygens (including phenoxy) is 2. The zero-order chi connectivity index (χ0) is 11.6. The standard InChI is InChI=1S/C13H20O3/c1-4-5-7-13-10(14)11(2)8-6-9(15-13)12(13,3)16-11/h9H,4-8H2,1-3H3/t9-,11-,12+,13+/m0/s1. The van der Waals surface area contributed by atoms with Crippen molar-refractivity contribution in [2.75, 3.05) is 0 Å². The van der Waals surface area contributed by atoms with Crippen LogP contribution in [0.25, 0.3) is 0 Å². The van der Waals surface area contributed by atoms with Crippen molar-refractivity contribution >= 4 is 5.78 Å². The number of ketones is 1. The predicted octanol–water partition coefficient (Wildman–Crippen LogP) is 2.22. The first-order valence-electron chi connectivity index (χ1n) is 6.41. The Bertz CT molecular complexity index is 353. The lowest BCUT2D eigenvalue weighted by Gasteiger charge is -2.57. The molecule has 3 fully saturated rings. The maximum atomic E-state index is 12.5. The third kappa shape index (κ3) is 0.912. The Kier molecular flexibility index (Phi) is 1.93. The maximum absolute atomic E-state index is 12.5.